The molecule has 2 nitrogen and oxygen atoms in total. The largest absolute Gasteiger partial charge is 0.239 e. The summed E-state index contributed by atoms with van der Waals surface area (Å²) in [7, 11) is 0. The van der Waals surface area contributed by atoms with E-state index >= 15 is 0 Å². The van der Waals surface area contributed by atoms with Crippen molar-refractivity contribution in [2.24, 2.45) is 0 Å². The number of hydrogen-bond acceptors (Lipinski definition) is 1. The van der Waals surface area contributed by atoms with Crippen LogP contribution in [0.15, 0.2) is 30.6 Å². The van der Waals surface area contributed by atoms with Crippen LogP contribution in [0.2, 0.25) is 5.02 Å². The molecular formula is C12H12ClFN2. The molecule has 0 saturated heterocycles. The highest BCUT2D eigenvalue weighted by molar-refractivity contribution is 6.30. The van der Waals surface area contributed by atoms with Crippen molar-refractivity contribution in [2.45, 2.75) is 20.1 Å². The topological polar surface area (TPSA) is 17.8 Å². The van der Waals surface area contributed by atoms with Gasteiger partial charge in [0.2, 0.25) is 0 Å². The molecule has 2 aromatic rings. The number of nitrogens with zero attached hydrogens (tertiary/aromatic N) is 2. The first-order valence-corrected chi connectivity index (χ1v) is 5.40. The van der Waals surface area contributed by atoms with Crippen LogP contribution < -0.4 is 0 Å². The molecule has 4 heteroatoms. The van der Waals surface area contributed by atoms with E-state index < -0.39 is 6.30 Å². The van der Waals surface area contributed by atoms with Gasteiger partial charge >= 0.3 is 0 Å². The van der Waals surface area contributed by atoms with Crippen molar-refractivity contribution in [3.63, 3.8) is 0 Å². The molecule has 0 fully saturated rings. The standard InChI is InChI=1S/C12H12ClFN2/c1-8-5-11(13)3-4-12(8)10-6-15-16(7-10)9(2)14/h3-7,9H,1-2H3. The minimum atomic E-state index is -1.11. The van der Waals surface area contributed by atoms with Crippen LogP contribution in [0.3, 0.4) is 0 Å². The first-order chi connectivity index (χ1) is 7.58. The van der Waals surface area contributed by atoms with Crippen LogP contribution in [0.1, 0.15) is 18.8 Å². The van der Waals surface area contributed by atoms with E-state index in [1.165, 1.54) is 11.6 Å². The molecule has 1 heterocycles. The van der Waals surface area contributed by atoms with Crippen molar-refractivity contribution in [2.75, 3.05) is 0 Å². The van der Waals surface area contributed by atoms with Gasteiger partial charge in [0.05, 0.1) is 6.20 Å². The number of alkyl halides is 1. The van der Waals surface area contributed by atoms with E-state index in [1.54, 1.807) is 12.4 Å². The lowest BCUT2D eigenvalue weighted by Crippen LogP contribution is -1.98. The molecule has 16 heavy (non-hydrogen) atoms. The van der Waals surface area contributed by atoms with Gasteiger partial charge in [-0.1, -0.05) is 17.7 Å². The molecule has 0 aliphatic carbocycles. The second-order valence-corrected chi connectivity index (χ2v) is 4.18. The maximum absolute atomic E-state index is 13.0. The first kappa shape index (κ1) is 11.1. The summed E-state index contributed by atoms with van der Waals surface area (Å²) in [6.45, 7) is 3.42. The zero-order chi connectivity index (χ0) is 11.7. The molecule has 2 rings (SSSR count). The summed E-state index contributed by atoms with van der Waals surface area (Å²) in [6, 6.07) is 5.62. The summed E-state index contributed by atoms with van der Waals surface area (Å²) in [6.07, 6.45) is 2.24. The Bertz CT molecular complexity index is 505. The molecule has 0 spiro atoms. The first-order valence-electron chi connectivity index (χ1n) is 5.02. The van der Waals surface area contributed by atoms with E-state index in [0.717, 1.165) is 16.7 Å². The van der Waals surface area contributed by atoms with Gasteiger partial charge in [0.15, 0.2) is 6.30 Å². The highest BCUT2D eigenvalue weighted by atomic mass is 35.5. The molecule has 1 atom stereocenters. The average Bonchev–Trinajstić information content (AvgIpc) is 2.66. The molecule has 84 valence electrons. The molecule has 1 unspecified atom stereocenters. The SMILES string of the molecule is Cc1cc(Cl)ccc1-c1cnn(C(C)F)c1. The Hall–Kier alpha value is -1.35. The van der Waals surface area contributed by atoms with Crippen molar-refractivity contribution in [3.8, 4) is 11.1 Å². The van der Waals surface area contributed by atoms with Gasteiger partial charge in [-0.2, -0.15) is 5.10 Å². The zero-order valence-electron chi connectivity index (χ0n) is 9.11. The third kappa shape index (κ3) is 2.09. The molecule has 0 amide bonds. The lowest BCUT2D eigenvalue weighted by atomic mass is 10.0. The van der Waals surface area contributed by atoms with Gasteiger partial charge in [0, 0.05) is 16.8 Å². The van der Waals surface area contributed by atoms with Gasteiger partial charge in [-0.25, -0.2) is 9.07 Å². The Kier molecular flexibility index (Phi) is 2.97. The van der Waals surface area contributed by atoms with Crippen LogP contribution in [0, 0.1) is 6.92 Å². The number of halogens is 2. The summed E-state index contributed by atoms with van der Waals surface area (Å²) < 4.78 is 14.3. The number of rotatable bonds is 2. The summed E-state index contributed by atoms with van der Waals surface area (Å²) >= 11 is 5.88. The van der Waals surface area contributed by atoms with Crippen LogP contribution in [0.4, 0.5) is 4.39 Å². The fourth-order valence-corrected chi connectivity index (χ4v) is 1.85. The number of benzene rings is 1. The quantitative estimate of drug-likeness (QED) is 0.773. The summed E-state index contributed by atoms with van der Waals surface area (Å²) in [5.74, 6) is 0. The Morgan fingerprint density at radius 3 is 2.75 bits per heavy atom. The highest BCUT2D eigenvalue weighted by Crippen LogP contribution is 2.26. The van der Waals surface area contributed by atoms with E-state index in [1.807, 2.05) is 25.1 Å². The van der Waals surface area contributed by atoms with Crippen LogP contribution in [-0.4, -0.2) is 9.78 Å². The molecular weight excluding hydrogens is 227 g/mol. The zero-order valence-corrected chi connectivity index (χ0v) is 9.87. The third-order valence-electron chi connectivity index (χ3n) is 2.47. The summed E-state index contributed by atoms with van der Waals surface area (Å²) in [5, 5.41) is 4.67. The highest BCUT2D eigenvalue weighted by Gasteiger charge is 2.08. The van der Waals surface area contributed by atoms with E-state index in [2.05, 4.69) is 5.10 Å². The van der Waals surface area contributed by atoms with Crippen LogP contribution in [-0.2, 0) is 0 Å². The summed E-state index contributed by atoms with van der Waals surface area (Å²) in [4.78, 5) is 0. The van der Waals surface area contributed by atoms with E-state index in [-0.39, 0.29) is 0 Å². The van der Waals surface area contributed by atoms with Crippen LogP contribution in [0.25, 0.3) is 11.1 Å². The number of aromatic nitrogens is 2. The van der Waals surface area contributed by atoms with E-state index in [4.69, 9.17) is 11.6 Å². The van der Waals surface area contributed by atoms with Crippen LogP contribution in [0.5, 0.6) is 0 Å². The van der Waals surface area contributed by atoms with Gasteiger partial charge in [0.25, 0.3) is 0 Å². The summed E-state index contributed by atoms with van der Waals surface area (Å²) in [5.41, 5.74) is 2.98. The minimum absolute atomic E-state index is 0.701. The maximum atomic E-state index is 13.0. The van der Waals surface area contributed by atoms with Gasteiger partial charge in [-0.3, -0.25) is 0 Å². The molecule has 0 bridgehead atoms. The van der Waals surface area contributed by atoms with Crippen LogP contribution >= 0.6 is 11.6 Å². The Labute approximate surface area is 98.7 Å². The second kappa shape index (κ2) is 4.26. The fourth-order valence-electron chi connectivity index (χ4n) is 1.62. The molecule has 0 radical (unpaired) electrons. The molecule has 0 aliphatic heterocycles. The maximum Gasteiger partial charge on any atom is 0.188 e. The van der Waals surface area contributed by atoms with E-state index in [0.29, 0.717) is 5.02 Å². The average molecular weight is 239 g/mol. The Morgan fingerprint density at radius 2 is 2.19 bits per heavy atom. The molecule has 1 aromatic carbocycles. The number of aryl methyl sites for hydroxylation is 1. The van der Waals surface area contributed by atoms with Crippen molar-refractivity contribution in [1.82, 2.24) is 9.78 Å². The van der Waals surface area contributed by atoms with Gasteiger partial charge in [0.1, 0.15) is 0 Å². The predicted octanol–water partition coefficient (Wildman–Crippen LogP) is 4.00. The normalized spacial score (nSPS) is 12.8. The van der Waals surface area contributed by atoms with Crippen molar-refractivity contribution in [3.05, 3.63) is 41.2 Å². The van der Waals surface area contributed by atoms with Crippen molar-refractivity contribution < 1.29 is 4.39 Å². The molecule has 1 aromatic heterocycles. The predicted molar refractivity (Wildman–Crippen MR) is 63.2 cm³/mol. The smallest absolute Gasteiger partial charge is 0.188 e. The Morgan fingerprint density at radius 1 is 1.44 bits per heavy atom. The van der Waals surface area contributed by atoms with Crippen molar-refractivity contribution >= 4 is 11.6 Å². The van der Waals surface area contributed by atoms with Gasteiger partial charge in [-0.05, 0) is 37.1 Å². The Balaban J connectivity index is 2.42. The van der Waals surface area contributed by atoms with Gasteiger partial charge in [-0.15, -0.1) is 0 Å². The lowest BCUT2D eigenvalue weighted by Gasteiger charge is -2.03. The molecule has 0 saturated carbocycles. The lowest BCUT2D eigenvalue weighted by molar-refractivity contribution is 0.245. The molecule has 0 N–H and O–H groups in total. The molecule has 0 aliphatic rings. The van der Waals surface area contributed by atoms with E-state index in [9.17, 15) is 4.39 Å². The van der Waals surface area contributed by atoms with Crippen molar-refractivity contribution in [1.29, 1.82) is 0 Å². The fraction of sp³-hybridized carbons (Fsp3) is 0.250. The monoisotopic (exact) mass is 238 g/mol. The van der Waals surface area contributed by atoms with Gasteiger partial charge < -0.3 is 0 Å². The third-order valence-corrected chi connectivity index (χ3v) is 2.70. The minimum Gasteiger partial charge on any atom is -0.239 e. The second-order valence-electron chi connectivity index (χ2n) is 3.74. The number of hydrogen-bond donors (Lipinski definition) is 0.